The predicted octanol–water partition coefficient (Wildman–Crippen LogP) is 2.07. The van der Waals surface area contributed by atoms with Crippen LogP contribution in [-0.2, 0) is 14.9 Å². The summed E-state index contributed by atoms with van der Waals surface area (Å²) in [4.78, 5) is 16.2. The average molecular weight is 205 g/mol. The quantitative estimate of drug-likeness (QED) is 0.709. The van der Waals surface area contributed by atoms with Gasteiger partial charge in [-0.3, -0.25) is 9.78 Å². The number of hydrogen-bond acceptors (Lipinski definition) is 3. The van der Waals surface area contributed by atoms with Gasteiger partial charge in [0, 0.05) is 6.20 Å². The Labute approximate surface area is 89.5 Å². The lowest BCUT2D eigenvalue weighted by atomic mass is 9.66. The van der Waals surface area contributed by atoms with Crippen LogP contribution in [0.3, 0.4) is 0 Å². The molecule has 3 heteroatoms. The Kier molecular flexibility index (Phi) is 2.71. The number of rotatable bonds is 3. The van der Waals surface area contributed by atoms with Gasteiger partial charge in [0.25, 0.3) is 0 Å². The number of nitrogens with zero attached hydrogens (tertiary/aromatic N) is 1. The van der Waals surface area contributed by atoms with E-state index in [-0.39, 0.29) is 5.97 Å². The second kappa shape index (κ2) is 4.01. The smallest absolute Gasteiger partial charge is 0.318 e. The van der Waals surface area contributed by atoms with Gasteiger partial charge in [-0.25, -0.2) is 0 Å². The molecule has 15 heavy (non-hydrogen) atoms. The number of esters is 1. The first-order chi connectivity index (χ1) is 7.29. The molecule has 1 fully saturated rings. The SMILES string of the molecule is CCOC(=O)C1(c2ccccn2)CCC1. The van der Waals surface area contributed by atoms with E-state index in [0.29, 0.717) is 6.61 Å². The van der Waals surface area contributed by atoms with Crippen molar-refractivity contribution in [3.63, 3.8) is 0 Å². The molecule has 80 valence electrons. The summed E-state index contributed by atoms with van der Waals surface area (Å²) in [5, 5.41) is 0. The molecule has 0 N–H and O–H groups in total. The lowest BCUT2D eigenvalue weighted by Gasteiger charge is -2.38. The number of ether oxygens (including phenoxy) is 1. The van der Waals surface area contributed by atoms with Gasteiger partial charge in [-0.15, -0.1) is 0 Å². The normalized spacial score (nSPS) is 17.9. The summed E-state index contributed by atoms with van der Waals surface area (Å²) in [5.74, 6) is -0.116. The molecule has 0 bridgehead atoms. The van der Waals surface area contributed by atoms with Crippen molar-refractivity contribution in [1.82, 2.24) is 4.98 Å². The molecule has 1 aromatic rings. The minimum atomic E-state index is -0.447. The molecule has 2 rings (SSSR count). The summed E-state index contributed by atoms with van der Waals surface area (Å²) in [7, 11) is 0. The molecule has 0 unspecified atom stereocenters. The molecule has 3 nitrogen and oxygen atoms in total. The van der Waals surface area contributed by atoms with Gasteiger partial charge in [0.15, 0.2) is 0 Å². The Bertz CT molecular complexity index is 344. The maximum Gasteiger partial charge on any atom is 0.318 e. The second-order valence-electron chi connectivity index (χ2n) is 3.87. The third kappa shape index (κ3) is 1.62. The van der Waals surface area contributed by atoms with E-state index >= 15 is 0 Å². The minimum Gasteiger partial charge on any atom is -0.465 e. The highest BCUT2D eigenvalue weighted by atomic mass is 16.5. The Morgan fingerprint density at radius 2 is 2.33 bits per heavy atom. The molecular formula is C12H15NO2. The average Bonchev–Trinajstić information content (AvgIpc) is 2.18. The molecular weight excluding hydrogens is 190 g/mol. The standard InChI is InChI=1S/C12H15NO2/c1-2-15-11(14)12(7-5-8-12)10-6-3-4-9-13-10/h3-4,6,9H,2,5,7-8H2,1H3. The van der Waals surface area contributed by atoms with Crippen molar-refractivity contribution in [1.29, 1.82) is 0 Å². The van der Waals surface area contributed by atoms with Crippen molar-refractivity contribution in [2.24, 2.45) is 0 Å². The van der Waals surface area contributed by atoms with Crippen LogP contribution in [-0.4, -0.2) is 17.6 Å². The first-order valence-electron chi connectivity index (χ1n) is 5.38. The lowest BCUT2D eigenvalue weighted by Crippen LogP contribution is -2.44. The number of aromatic nitrogens is 1. The van der Waals surface area contributed by atoms with Crippen LogP contribution in [0.15, 0.2) is 24.4 Å². The van der Waals surface area contributed by atoms with E-state index in [1.54, 1.807) is 6.20 Å². The first kappa shape index (κ1) is 10.1. The molecule has 0 atom stereocenters. The van der Waals surface area contributed by atoms with Gasteiger partial charge in [-0.2, -0.15) is 0 Å². The number of carbonyl (C=O) groups is 1. The number of carbonyl (C=O) groups excluding carboxylic acids is 1. The van der Waals surface area contributed by atoms with Gasteiger partial charge in [0.05, 0.1) is 12.3 Å². The van der Waals surface area contributed by atoms with Crippen LogP contribution >= 0.6 is 0 Å². The zero-order valence-corrected chi connectivity index (χ0v) is 8.90. The van der Waals surface area contributed by atoms with Crippen LogP contribution in [0.1, 0.15) is 31.9 Å². The molecule has 0 aliphatic heterocycles. The van der Waals surface area contributed by atoms with Crippen LogP contribution < -0.4 is 0 Å². The Balaban J connectivity index is 2.26. The maximum absolute atomic E-state index is 11.9. The van der Waals surface area contributed by atoms with Gasteiger partial charge < -0.3 is 4.74 Å². The molecule has 1 aliphatic rings. The molecule has 0 radical (unpaired) electrons. The van der Waals surface area contributed by atoms with Crippen molar-refractivity contribution >= 4 is 5.97 Å². The van der Waals surface area contributed by atoms with E-state index in [0.717, 1.165) is 25.0 Å². The van der Waals surface area contributed by atoms with Crippen LogP contribution in [0.5, 0.6) is 0 Å². The van der Waals surface area contributed by atoms with Gasteiger partial charge >= 0.3 is 5.97 Å². The minimum absolute atomic E-state index is 0.116. The highest BCUT2D eigenvalue weighted by molar-refractivity contribution is 5.83. The number of hydrogen-bond donors (Lipinski definition) is 0. The monoisotopic (exact) mass is 205 g/mol. The van der Waals surface area contributed by atoms with Crippen molar-refractivity contribution in [3.05, 3.63) is 30.1 Å². The third-order valence-corrected chi connectivity index (χ3v) is 3.03. The lowest BCUT2D eigenvalue weighted by molar-refractivity contribution is -0.154. The number of pyridine rings is 1. The van der Waals surface area contributed by atoms with Crippen LogP contribution in [0.25, 0.3) is 0 Å². The fraction of sp³-hybridized carbons (Fsp3) is 0.500. The molecule has 1 aromatic heterocycles. The van der Waals surface area contributed by atoms with Gasteiger partial charge in [0.2, 0.25) is 0 Å². The first-order valence-corrected chi connectivity index (χ1v) is 5.38. The molecule has 0 aromatic carbocycles. The maximum atomic E-state index is 11.9. The summed E-state index contributed by atoms with van der Waals surface area (Å²) >= 11 is 0. The summed E-state index contributed by atoms with van der Waals surface area (Å²) in [6.45, 7) is 2.27. The molecule has 0 amide bonds. The van der Waals surface area contributed by atoms with Crippen LogP contribution in [0.2, 0.25) is 0 Å². The van der Waals surface area contributed by atoms with E-state index in [2.05, 4.69) is 4.98 Å². The Morgan fingerprint density at radius 3 is 2.80 bits per heavy atom. The predicted molar refractivity (Wildman–Crippen MR) is 56.4 cm³/mol. The van der Waals surface area contributed by atoms with Crippen LogP contribution in [0, 0.1) is 0 Å². The highest BCUT2D eigenvalue weighted by Crippen LogP contribution is 2.43. The van der Waals surface area contributed by atoms with Crippen LogP contribution in [0.4, 0.5) is 0 Å². The summed E-state index contributed by atoms with van der Waals surface area (Å²) < 4.78 is 5.12. The van der Waals surface area contributed by atoms with Crippen molar-refractivity contribution in [2.45, 2.75) is 31.6 Å². The summed E-state index contributed by atoms with van der Waals surface area (Å²) in [6, 6.07) is 5.69. The van der Waals surface area contributed by atoms with E-state index in [4.69, 9.17) is 4.74 Å². The molecule has 1 aliphatic carbocycles. The van der Waals surface area contributed by atoms with Gasteiger partial charge in [-0.05, 0) is 31.9 Å². The molecule has 0 saturated heterocycles. The highest BCUT2D eigenvalue weighted by Gasteiger charge is 2.48. The van der Waals surface area contributed by atoms with E-state index in [1.165, 1.54) is 0 Å². The Morgan fingerprint density at radius 1 is 1.53 bits per heavy atom. The molecule has 1 saturated carbocycles. The zero-order chi connectivity index (χ0) is 10.7. The molecule has 1 heterocycles. The molecule has 0 spiro atoms. The van der Waals surface area contributed by atoms with E-state index < -0.39 is 5.41 Å². The summed E-state index contributed by atoms with van der Waals surface area (Å²) in [5.41, 5.74) is 0.409. The zero-order valence-electron chi connectivity index (χ0n) is 8.90. The largest absolute Gasteiger partial charge is 0.465 e. The Hall–Kier alpha value is -1.38. The van der Waals surface area contributed by atoms with E-state index in [9.17, 15) is 4.79 Å². The fourth-order valence-corrected chi connectivity index (χ4v) is 2.01. The fourth-order valence-electron chi connectivity index (χ4n) is 2.01. The van der Waals surface area contributed by atoms with Gasteiger partial charge in [0.1, 0.15) is 5.41 Å². The van der Waals surface area contributed by atoms with Crippen molar-refractivity contribution < 1.29 is 9.53 Å². The third-order valence-electron chi connectivity index (χ3n) is 3.03. The topological polar surface area (TPSA) is 39.2 Å². The summed E-state index contributed by atoms with van der Waals surface area (Å²) in [6.07, 6.45) is 4.54. The van der Waals surface area contributed by atoms with Gasteiger partial charge in [-0.1, -0.05) is 12.5 Å². The van der Waals surface area contributed by atoms with Crippen molar-refractivity contribution in [2.75, 3.05) is 6.61 Å². The van der Waals surface area contributed by atoms with Crippen molar-refractivity contribution in [3.8, 4) is 0 Å². The second-order valence-corrected chi connectivity index (χ2v) is 3.87. The van der Waals surface area contributed by atoms with E-state index in [1.807, 2.05) is 25.1 Å².